The van der Waals surface area contributed by atoms with E-state index in [0.29, 0.717) is 13.1 Å². The van der Waals surface area contributed by atoms with Crippen molar-refractivity contribution in [3.05, 3.63) is 35.9 Å². The summed E-state index contributed by atoms with van der Waals surface area (Å²) in [4.78, 5) is 25.1. The fraction of sp³-hybridized carbons (Fsp3) is 0.500. The Morgan fingerprint density at radius 2 is 1.90 bits per heavy atom. The third-order valence-electron chi connectivity index (χ3n) is 3.33. The van der Waals surface area contributed by atoms with Gasteiger partial charge in [0.2, 0.25) is 0 Å². The van der Waals surface area contributed by atoms with Crippen LogP contribution in [-0.4, -0.2) is 41.1 Å². The zero-order valence-electron chi connectivity index (χ0n) is 12.7. The molecule has 0 aliphatic rings. The summed E-state index contributed by atoms with van der Waals surface area (Å²) in [6, 6.07) is 8.09. The Morgan fingerprint density at radius 1 is 1.24 bits per heavy atom. The highest BCUT2D eigenvalue weighted by molar-refractivity contribution is 5.82. The van der Waals surface area contributed by atoms with E-state index in [1.807, 2.05) is 37.3 Å². The van der Waals surface area contributed by atoms with Gasteiger partial charge in [0.05, 0.1) is 0 Å². The van der Waals surface area contributed by atoms with Gasteiger partial charge in [0.1, 0.15) is 6.04 Å². The highest BCUT2D eigenvalue weighted by Gasteiger charge is 2.22. The SMILES string of the molecule is CCCCN(CC)C(=O)N[C@H](Cc1ccccc1)C(=O)O. The van der Waals surface area contributed by atoms with Crippen molar-refractivity contribution in [3.63, 3.8) is 0 Å². The zero-order valence-corrected chi connectivity index (χ0v) is 12.7. The molecule has 2 amide bonds. The Hall–Kier alpha value is -2.04. The molecule has 0 heterocycles. The Balaban J connectivity index is 2.65. The van der Waals surface area contributed by atoms with Gasteiger partial charge < -0.3 is 15.3 Å². The summed E-state index contributed by atoms with van der Waals surface area (Å²) in [5.74, 6) is -1.02. The standard InChI is InChI=1S/C16H24N2O3/c1-3-5-11-18(4-2)16(21)17-14(15(19)20)12-13-9-7-6-8-10-13/h6-10,14H,3-5,11-12H2,1-2H3,(H,17,21)(H,19,20)/t14-/m1/s1. The summed E-state index contributed by atoms with van der Waals surface area (Å²) < 4.78 is 0. The second kappa shape index (κ2) is 9.00. The molecule has 5 nitrogen and oxygen atoms in total. The molecule has 5 heteroatoms. The minimum atomic E-state index is -1.02. The van der Waals surface area contributed by atoms with Crippen LogP contribution in [0, 0.1) is 0 Å². The van der Waals surface area contributed by atoms with Crippen LogP contribution in [0.1, 0.15) is 32.3 Å². The average Bonchev–Trinajstić information content (AvgIpc) is 2.48. The highest BCUT2D eigenvalue weighted by Crippen LogP contribution is 2.05. The highest BCUT2D eigenvalue weighted by atomic mass is 16.4. The summed E-state index contributed by atoms with van der Waals surface area (Å²) in [7, 11) is 0. The fourth-order valence-corrected chi connectivity index (χ4v) is 2.04. The summed E-state index contributed by atoms with van der Waals surface area (Å²) in [5.41, 5.74) is 0.891. The molecule has 1 atom stereocenters. The molecule has 1 aromatic carbocycles. The van der Waals surface area contributed by atoms with E-state index >= 15 is 0 Å². The van der Waals surface area contributed by atoms with E-state index in [1.165, 1.54) is 0 Å². The molecule has 0 spiro atoms. The number of benzene rings is 1. The number of carboxylic acids is 1. The van der Waals surface area contributed by atoms with Crippen molar-refractivity contribution in [2.45, 2.75) is 39.2 Å². The van der Waals surface area contributed by atoms with Gasteiger partial charge in [0.15, 0.2) is 0 Å². The molecule has 2 N–H and O–H groups in total. The quantitative estimate of drug-likeness (QED) is 0.773. The normalized spacial score (nSPS) is 11.7. The van der Waals surface area contributed by atoms with Gasteiger partial charge in [-0.25, -0.2) is 9.59 Å². The lowest BCUT2D eigenvalue weighted by Gasteiger charge is -2.24. The van der Waals surface area contributed by atoms with Crippen LogP contribution in [0.4, 0.5) is 4.79 Å². The molecule has 116 valence electrons. The molecule has 0 bridgehead atoms. The van der Waals surface area contributed by atoms with Gasteiger partial charge in [-0.15, -0.1) is 0 Å². The number of carboxylic acid groups (broad SMARTS) is 1. The van der Waals surface area contributed by atoms with Crippen LogP contribution in [0.3, 0.4) is 0 Å². The lowest BCUT2D eigenvalue weighted by atomic mass is 10.1. The van der Waals surface area contributed by atoms with Crippen LogP contribution in [0.5, 0.6) is 0 Å². The smallest absolute Gasteiger partial charge is 0.326 e. The average molecular weight is 292 g/mol. The minimum Gasteiger partial charge on any atom is -0.480 e. The van der Waals surface area contributed by atoms with Crippen molar-refractivity contribution in [3.8, 4) is 0 Å². The van der Waals surface area contributed by atoms with Crippen molar-refractivity contribution >= 4 is 12.0 Å². The molecular formula is C16H24N2O3. The van der Waals surface area contributed by atoms with Crippen LogP contribution in [0.15, 0.2) is 30.3 Å². The first-order valence-corrected chi connectivity index (χ1v) is 7.40. The van der Waals surface area contributed by atoms with Gasteiger partial charge in [-0.2, -0.15) is 0 Å². The first-order valence-electron chi connectivity index (χ1n) is 7.40. The molecule has 0 saturated carbocycles. The maximum atomic E-state index is 12.1. The lowest BCUT2D eigenvalue weighted by Crippen LogP contribution is -2.49. The molecule has 0 radical (unpaired) electrons. The fourth-order valence-electron chi connectivity index (χ4n) is 2.04. The number of nitrogens with one attached hydrogen (secondary N) is 1. The molecule has 0 unspecified atom stereocenters. The molecule has 1 aromatic rings. The molecular weight excluding hydrogens is 268 g/mol. The van der Waals surface area contributed by atoms with Gasteiger partial charge in [-0.3, -0.25) is 0 Å². The second-order valence-corrected chi connectivity index (χ2v) is 4.96. The maximum Gasteiger partial charge on any atom is 0.326 e. The van der Waals surface area contributed by atoms with E-state index in [2.05, 4.69) is 12.2 Å². The lowest BCUT2D eigenvalue weighted by molar-refractivity contribution is -0.139. The molecule has 0 aromatic heterocycles. The summed E-state index contributed by atoms with van der Waals surface area (Å²) in [6.07, 6.45) is 2.20. The zero-order chi connectivity index (χ0) is 15.7. The first kappa shape index (κ1) is 17.0. The number of carbonyl (C=O) groups excluding carboxylic acids is 1. The van der Waals surface area contributed by atoms with E-state index in [-0.39, 0.29) is 12.5 Å². The number of rotatable bonds is 8. The molecule has 0 aliphatic heterocycles. The van der Waals surface area contributed by atoms with Gasteiger partial charge in [0.25, 0.3) is 0 Å². The van der Waals surface area contributed by atoms with Gasteiger partial charge in [-0.1, -0.05) is 43.7 Å². The Labute approximate surface area is 126 Å². The van der Waals surface area contributed by atoms with Crippen LogP contribution in [-0.2, 0) is 11.2 Å². The second-order valence-electron chi connectivity index (χ2n) is 4.96. The number of amides is 2. The van der Waals surface area contributed by atoms with Crippen LogP contribution < -0.4 is 5.32 Å². The van der Waals surface area contributed by atoms with Crippen LogP contribution in [0.2, 0.25) is 0 Å². The van der Waals surface area contributed by atoms with Gasteiger partial charge >= 0.3 is 12.0 Å². The molecule has 1 rings (SSSR count). The predicted octanol–water partition coefficient (Wildman–Crippen LogP) is 2.51. The van der Waals surface area contributed by atoms with Crippen LogP contribution in [0.25, 0.3) is 0 Å². The third-order valence-corrected chi connectivity index (χ3v) is 3.33. The topological polar surface area (TPSA) is 69.6 Å². The van der Waals surface area contributed by atoms with E-state index in [0.717, 1.165) is 18.4 Å². The number of urea groups is 1. The summed E-state index contributed by atoms with van der Waals surface area (Å²) in [6.45, 7) is 5.17. The molecule has 0 saturated heterocycles. The van der Waals surface area contributed by atoms with Crippen molar-refractivity contribution in [1.29, 1.82) is 0 Å². The molecule has 0 aliphatic carbocycles. The number of aliphatic carboxylic acids is 1. The number of carbonyl (C=O) groups is 2. The first-order chi connectivity index (χ1) is 10.1. The predicted molar refractivity (Wildman–Crippen MR) is 82.3 cm³/mol. The number of unbranched alkanes of at least 4 members (excludes halogenated alkanes) is 1. The number of hydrogen-bond donors (Lipinski definition) is 2. The van der Waals surface area contributed by atoms with Crippen molar-refractivity contribution in [2.75, 3.05) is 13.1 Å². The summed E-state index contributed by atoms with van der Waals surface area (Å²) in [5, 5.41) is 11.9. The van der Waals surface area contributed by atoms with Crippen LogP contribution >= 0.6 is 0 Å². The Morgan fingerprint density at radius 3 is 2.43 bits per heavy atom. The Kier molecular flexibility index (Phi) is 7.29. The third kappa shape index (κ3) is 5.85. The summed E-state index contributed by atoms with van der Waals surface area (Å²) >= 11 is 0. The van der Waals surface area contributed by atoms with Crippen molar-refractivity contribution in [2.24, 2.45) is 0 Å². The molecule has 21 heavy (non-hydrogen) atoms. The Bertz CT molecular complexity index is 448. The van der Waals surface area contributed by atoms with Gasteiger partial charge in [-0.05, 0) is 18.9 Å². The number of hydrogen-bond acceptors (Lipinski definition) is 2. The number of nitrogens with zero attached hydrogens (tertiary/aromatic N) is 1. The minimum absolute atomic E-state index is 0.285. The van der Waals surface area contributed by atoms with E-state index in [9.17, 15) is 14.7 Å². The molecule has 0 fully saturated rings. The van der Waals surface area contributed by atoms with E-state index in [4.69, 9.17) is 0 Å². The van der Waals surface area contributed by atoms with Crippen molar-refractivity contribution < 1.29 is 14.7 Å². The van der Waals surface area contributed by atoms with Crippen molar-refractivity contribution in [1.82, 2.24) is 10.2 Å². The van der Waals surface area contributed by atoms with E-state index < -0.39 is 12.0 Å². The largest absolute Gasteiger partial charge is 0.480 e. The van der Waals surface area contributed by atoms with E-state index in [1.54, 1.807) is 4.90 Å². The monoisotopic (exact) mass is 292 g/mol. The van der Waals surface area contributed by atoms with Gasteiger partial charge in [0, 0.05) is 19.5 Å². The maximum absolute atomic E-state index is 12.1.